The number of hydrogen-bond acceptors (Lipinski definition) is 4. The van der Waals surface area contributed by atoms with Crippen LogP contribution >= 0.6 is 11.8 Å². The minimum absolute atomic E-state index is 0.353. The summed E-state index contributed by atoms with van der Waals surface area (Å²) in [4.78, 5) is 4.56. The predicted octanol–water partition coefficient (Wildman–Crippen LogP) is 2.13. The molecule has 4 heteroatoms. The maximum absolute atomic E-state index is 5.05. The lowest BCUT2D eigenvalue weighted by atomic mass is 9.97. The molecule has 0 radical (unpaired) electrons. The molecule has 1 atom stereocenters. The molecule has 0 saturated heterocycles. The van der Waals surface area contributed by atoms with Gasteiger partial charge in [-0.2, -0.15) is 0 Å². The first kappa shape index (κ1) is 12.8. The highest BCUT2D eigenvalue weighted by atomic mass is 32.2. The molecular formula is C11H22N2OS. The first-order valence-electron chi connectivity index (χ1n) is 5.46. The quantitative estimate of drug-likeness (QED) is 0.803. The second-order valence-corrected chi connectivity index (χ2v) is 5.87. The summed E-state index contributed by atoms with van der Waals surface area (Å²) in [5, 5.41) is 4.52. The molecule has 0 amide bonds. The lowest BCUT2D eigenvalue weighted by Gasteiger charge is -2.28. The highest BCUT2D eigenvalue weighted by molar-refractivity contribution is 8.13. The number of aliphatic imine (C=N–C) groups is 1. The van der Waals surface area contributed by atoms with E-state index in [-0.39, 0.29) is 0 Å². The first-order chi connectivity index (χ1) is 7.03. The van der Waals surface area contributed by atoms with Gasteiger partial charge in [-0.25, -0.2) is 0 Å². The van der Waals surface area contributed by atoms with Gasteiger partial charge in [-0.05, 0) is 18.8 Å². The number of nitrogens with zero attached hydrogens (tertiary/aromatic N) is 1. The number of ether oxygens (including phenoxy) is 1. The van der Waals surface area contributed by atoms with Crippen LogP contribution in [0.3, 0.4) is 0 Å². The maximum atomic E-state index is 5.05. The summed E-state index contributed by atoms with van der Waals surface area (Å²) in [6, 6.07) is 0.442. The number of amidine groups is 1. The molecule has 0 aromatic carbocycles. The summed E-state index contributed by atoms with van der Waals surface area (Å²) in [7, 11) is 1.74. The van der Waals surface area contributed by atoms with Crippen LogP contribution in [0.4, 0.5) is 0 Å². The summed E-state index contributed by atoms with van der Waals surface area (Å²) >= 11 is 1.83. The largest absolute Gasteiger partial charge is 0.385 e. The Bertz CT molecular complexity index is 229. The Morgan fingerprint density at radius 1 is 1.60 bits per heavy atom. The Labute approximate surface area is 97.1 Å². The lowest BCUT2D eigenvalue weighted by Crippen LogP contribution is -2.36. The molecule has 1 unspecified atom stereocenters. The molecule has 1 aliphatic rings. The smallest absolute Gasteiger partial charge is 0.156 e. The van der Waals surface area contributed by atoms with Crippen LogP contribution in [0.2, 0.25) is 0 Å². The molecule has 1 N–H and O–H groups in total. The predicted molar refractivity (Wildman–Crippen MR) is 67.6 cm³/mol. The van der Waals surface area contributed by atoms with Crippen LogP contribution in [-0.2, 0) is 4.74 Å². The van der Waals surface area contributed by atoms with Crippen molar-refractivity contribution in [3.63, 3.8) is 0 Å². The molecule has 0 bridgehead atoms. The van der Waals surface area contributed by atoms with Crippen molar-refractivity contribution in [1.82, 2.24) is 5.32 Å². The summed E-state index contributed by atoms with van der Waals surface area (Å²) < 4.78 is 5.05. The fourth-order valence-electron chi connectivity index (χ4n) is 1.31. The highest BCUT2D eigenvalue weighted by Gasteiger charge is 2.23. The Hall–Kier alpha value is -0.220. The van der Waals surface area contributed by atoms with E-state index in [1.54, 1.807) is 7.11 Å². The van der Waals surface area contributed by atoms with Gasteiger partial charge in [-0.1, -0.05) is 25.6 Å². The monoisotopic (exact) mass is 230 g/mol. The van der Waals surface area contributed by atoms with Gasteiger partial charge in [0.15, 0.2) is 5.17 Å². The maximum Gasteiger partial charge on any atom is 0.156 e. The first-order valence-corrected chi connectivity index (χ1v) is 6.45. The molecule has 15 heavy (non-hydrogen) atoms. The zero-order chi connectivity index (χ0) is 11.3. The van der Waals surface area contributed by atoms with Crippen LogP contribution < -0.4 is 5.32 Å². The number of rotatable bonds is 4. The van der Waals surface area contributed by atoms with E-state index in [9.17, 15) is 0 Å². The van der Waals surface area contributed by atoms with Gasteiger partial charge in [0.1, 0.15) is 0 Å². The normalized spacial score (nSPS) is 22.0. The number of thioether (sulfide) groups is 1. The molecule has 0 aromatic rings. The Kier molecular flexibility index (Phi) is 4.93. The molecule has 0 spiro atoms. The van der Waals surface area contributed by atoms with Crippen LogP contribution in [0.1, 0.15) is 27.2 Å². The summed E-state index contributed by atoms with van der Waals surface area (Å²) in [6.07, 6.45) is 1.03. The van der Waals surface area contributed by atoms with Gasteiger partial charge in [0.25, 0.3) is 0 Å². The average molecular weight is 230 g/mol. The fraction of sp³-hybridized carbons (Fsp3) is 0.909. The van der Waals surface area contributed by atoms with Crippen molar-refractivity contribution >= 4 is 16.9 Å². The highest BCUT2D eigenvalue weighted by Crippen LogP contribution is 2.27. The molecule has 88 valence electrons. The third-order valence-electron chi connectivity index (χ3n) is 2.38. The van der Waals surface area contributed by atoms with Crippen molar-refractivity contribution in [2.75, 3.05) is 26.0 Å². The molecule has 1 heterocycles. The SMILES string of the molecule is COCCC(C)NC1=NCC(C)(C)CS1. The molecule has 1 rings (SSSR count). The van der Waals surface area contributed by atoms with Crippen molar-refractivity contribution in [2.45, 2.75) is 33.2 Å². The van der Waals surface area contributed by atoms with E-state index < -0.39 is 0 Å². The van der Waals surface area contributed by atoms with Crippen molar-refractivity contribution in [3.8, 4) is 0 Å². The standard InChI is InChI=1S/C11H22N2OS/c1-9(5-6-14-4)13-10-12-7-11(2,3)8-15-10/h9H,5-8H2,1-4H3,(H,12,13). The Balaban J connectivity index is 2.30. The third kappa shape index (κ3) is 4.89. The van der Waals surface area contributed by atoms with E-state index in [0.29, 0.717) is 11.5 Å². The van der Waals surface area contributed by atoms with E-state index in [0.717, 1.165) is 30.5 Å². The Morgan fingerprint density at radius 3 is 2.87 bits per heavy atom. The summed E-state index contributed by atoms with van der Waals surface area (Å²) in [5.74, 6) is 1.15. The number of methoxy groups -OCH3 is 1. The van der Waals surface area contributed by atoms with Crippen LogP contribution in [-0.4, -0.2) is 37.2 Å². The van der Waals surface area contributed by atoms with Crippen molar-refractivity contribution in [2.24, 2.45) is 10.4 Å². The molecule has 0 fully saturated rings. The molecule has 0 aromatic heterocycles. The Morgan fingerprint density at radius 2 is 2.33 bits per heavy atom. The van der Waals surface area contributed by atoms with Crippen molar-refractivity contribution in [3.05, 3.63) is 0 Å². The van der Waals surface area contributed by atoms with Crippen LogP contribution in [0.25, 0.3) is 0 Å². The van der Waals surface area contributed by atoms with Crippen LogP contribution in [0, 0.1) is 5.41 Å². The van der Waals surface area contributed by atoms with E-state index >= 15 is 0 Å². The molecule has 3 nitrogen and oxygen atoms in total. The molecule has 0 aliphatic carbocycles. The van der Waals surface area contributed by atoms with Crippen LogP contribution in [0.15, 0.2) is 4.99 Å². The van der Waals surface area contributed by atoms with E-state index in [1.165, 1.54) is 0 Å². The summed E-state index contributed by atoms with van der Waals surface area (Å²) in [5.41, 5.74) is 0.353. The van der Waals surface area contributed by atoms with Gasteiger partial charge in [0.05, 0.1) is 0 Å². The number of nitrogens with one attached hydrogen (secondary N) is 1. The summed E-state index contributed by atoms with van der Waals surface area (Å²) in [6.45, 7) is 8.42. The second-order valence-electron chi connectivity index (χ2n) is 4.90. The van der Waals surface area contributed by atoms with Gasteiger partial charge in [-0.3, -0.25) is 4.99 Å². The average Bonchev–Trinajstić information content (AvgIpc) is 2.18. The van der Waals surface area contributed by atoms with E-state index in [1.807, 2.05) is 11.8 Å². The van der Waals surface area contributed by atoms with E-state index in [4.69, 9.17) is 4.74 Å². The molecule has 1 aliphatic heterocycles. The van der Waals surface area contributed by atoms with Gasteiger partial charge >= 0.3 is 0 Å². The topological polar surface area (TPSA) is 33.6 Å². The van der Waals surface area contributed by atoms with Gasteiger partial charge in [0, 0.05) is 32.1 Å². The van der Waals surface area contributed by atoms with Gasteiger partial charge in [-0.15, -0.1) is 0 Å². The number of hydrogen-bond donors (Lipinski definition) is 1. The van der Waals surface area contributed by atoms with E-state index in [2.05, 4.69) is 31.1 Å². The molecule has 0 saturated carbocycles. The van der Waals surface area contributed by atoms with Crippen molar-refractivity contribution in [1.29, 1.82) is 0 Å². The van der Waals surface area contributed by atoms with Crippen LogP contribution in [0.5, 0.6) is 0 Å². The third-order valence-corrected chi connectivity index (χ3v) is 3.82. The minimum atomic E-state index is 0.353. The fourth-order valence-corrected chi connectivity index (χ4v) is 2.36. The van der Waals surface area contributed by atoms with Gasteiger partial charge < -0.3 is 10.1 Å². The molecular weight excluding hydrogens is 208 g/mol. The second kappa shape index (κ2) is 5.75. The van der Waals surface area contributed by atoms with Crippen molar-refractivity contribution < 1.29 is 4.74 Å². The minimum Gasteiger partial charge on any atom is -0.385 e. The van der Waals surface area contributed by atoms with Gasteiger partial charge in [0.2, 0.25) is 0 Å². The zero-order valence-corrected chi connectivity index (χ0v) is 11.0. The zero-order valence-electron chi connectivity index (χ0n) is 10.2. The lowest BCUT2D eigenvalue weighted by molar-refractivity contribution is 0.187.